The molecule has 23 heavy (non-hydrogen) atoms. The normalized spacial score (nSPS) is 12.9. The molecule has 0 fully saturated rings. The van der Waals surface area contributed by atoms with Gasteiger partial charge in [0.2, 0.25) is 5.78 Å². The SMILES string of the molecule is Cc1c2nsnc2c(C)c2nc3c(nc12)C(=O)c1ccccc1-3. The molecule has 2 aromatic carbocycles. The minimum absolute atomic E-state index is 0.0569. The van der Waals surface area contributed by atoms with E-state index in [9.17, 15) is 4.79 Å². The largest absolute Gasteiger partial charge is 0.287 e. The Morgan fingerprint density at radius 2 is 1.35 bits per heavy atom. The topological polar surface area (TPSA) is 68.6 Å². The standard InChI is InChI=1S/C17H10N4OS/c1-7-11-12(8(2)14-13(7)20-23-21-14)19-16-15(18-11)9-5-3-4-6-10(9)17(16)22/h3-6H,1-2H3. The molecule has 0 N–H and O–H groups in total. The van der Waals surface area contributed by atoms with Gasteiger partial charge in [-0.05, 0) is 13.8 Å². The Morgan fingerprint density at radius 1 is 0.783 bits per heavy atom. The Kier molecular flexibility index (Phi) is 2.32. The molecule has 0 amide bonds. The first-order chi connectivity index (χ1) is 11.2. The van der Waals surface area contributed by atoms with E-state index in [0.717, 1.165) is 38.8 Å². The summed E-state index contributed by atoms with van der Waals surface area (Å²) in [4.78, 5) is 22.1. The van der Waals surface area contributed by atoms with Crippen molar-refractivity contribution in [2.24, 2.45) is 0 Å². The second kappa shape index (κ2) is 4.17. The predicted octanol–water partition coefficient (Wildman–Crippen LogP) is 3.46. The van der Waals surface area contributed by atoms with Gasteiger partial charge < -0.3 is 0 Å². The molecule has 0 spiro atoms. The monoisotopic (exact) mass is 318 g/mol. The highest BCUT2D eigenvalue weighted by Crippen LogP contribution is 2.37. The van der Waals surface area contributed by atoms with Crippen molar-refractivity contribution >= 4 is 39.6 Å². The first-order valence-electron chi connectivity index (χ1n) is 7.24. The number of benzene rings is 2. The fourth-order valence-electron chi connectivity index (χ4n) is 3.22. The van der Waals surface area contributed by atoms with Crippen LogP contribution in [0.2, 0.25) is 0 Å². The Labute approximate surface area is 135 Å². The second-order valence-corrected chi connectivity index (χ2v) is 6.23. The zero-order chi connectivity index (χ0) is 15.7. The third kappa shape index (κ3) is 1.48. The molecular formula is C17H10N4OS. The zero-order valence-corrected chi connectivity index (χ0v) is 13.2. The first-order valence-corrected chi connectivity index (χ1v) is 7.97. The summed E-state index contributed by atoms with van der Waals surface area (Å²) >= 11 is 1.19. The number of nitrogens with zero attached hydrogens (tertiary/aromatic N) is 4. The third-order valence-electron chi connectivity index (χ3n) is 4.45. The van der Waals surface area contributed by atoms with Gasteiger partial charge in [0.25, 0.3) is 0 Å². The van der Waals surface area contributed by atoms with Crippen molar-refractivity contribution in [1.82, 2.24) is 18.7 Å². The fraction of sp³-hybridized carbons (Fsp3) is 0.118. The summed E-state index contributed by atoms with van der Waals surface area (Å²) in [6.45, 7) is 3.94. The highest BCUT2D eigenvalue weighted by atomic mass is 32.1. The van der Waals surface area contributed by atoms with Gasteiger partial charge in [-0.2, -0.15) is 8.75 Å². The molecule has 4 aromatic rings. The molecule has 0 radical (unpaired) electrons. The van der Waals surface area contributed by atoms with Crippen molar-refractivity contribution in [2.75, 3.05) is 0 Å². The fourth-order valence-corrected chi connectivity index (χ4v) is 3.88. The number of aryl methyl sites for hydroxylation is 2. The molecule has 5 rings (SSSR count). The van der Waals surface area contributed by atoms with Gasteiger partial charge in [-0.25, -0.2) is 9.97 Å². The van der Waals surface area contributed by atoms with Gasteiger partial charge in [-0.15, -0.1) is 0 Å². The van der Waals surface area contributed by atoms with E-state index >= 15 is 0 Å². The van der Waals surface area contributed by atoms with Crippen LogP contribution in [0.4, 0.5) is 0 Å². The molecule has 0 unspecified atom stereocenters. The van der Waals surface area contributed by atoms with Crippen molar-refractivity contribution in [1.29, 1.82) is 0 Å². The van der Waals surface area contributed by atoms with Gasteiger partial charge in [0.1, 0.15) is 22.4 Å². The molecule has 2 heterocycles. The van der Waals surface area contributed by atoms with Crippen LogP contribution in [0.3, 0.4) is 0 Å². The maximum atomic E-state index is 12.6. The molecule has 5 nitrogen and oxygen atoms in total. The van der Waals surface area contributed by atoms with Crippen molar-refractivity contribution in [2.45, 2.75) is 13.8 Å². The minimum atomic E-state index is -0.0569. The van der Waals surface area contributed by atoms with Gasteiger partial charge in [0.15, 0.2) is 0 Å². The second-order valence-electron chi connectivity index (χ2n) is 5.70. The molecular weight excluding hydrogens is 308 g/mol. The van der Waals surface area contributed by atoms with E-state index in [-0.39, 0.29) is 5.78 Å². The first kappa shape index (κ1) is 12.8. The number of carbonyl (C=O) groups excluding carboxylic acids is 1. The smallest absolute Gasteiger partial charge is 0.214 e. The quantitative estimate of drug-likeness (QED) is 0.437. The molecule has 1 aliphatic rings. The van der Waals surface area contributed by atoms with Gasteiger partial charge in [-0.1, -0.05) is 24.3 Å². The van der Waals surface area contributed by atoms with Crippen LogP contribution in [0.1, 0.15) is 27.2 Å². The van der Waals surface area contributed by atoms with E-state index in [2.05, 4.69) is 13.7 Å². The van der Waals surface area contributed by atoms with Gasteiger partial charge in [-0.3, -0.25) is 4.79 Å². The van der Waals surface area contributed by atoms with Crippen LogP contribution in [0, 0.1) is 13.8 Å². The Balaban J connectivity index is 1.98. The summed E-state index contributed by atoms with van der Waals surface area (Å²) in [7, 11) is 0. The summed E-state index contributed by atoms with van der Waals surface area (Å²) in [5.74, 6) is -0.0569. The summed E-state index contributed by atoms with van der Waals surface area (Å²) in [6, 6.07) is 7.53. The van der Waals surface area contributed by atoms with Crippen LogP contribution in [-0.2, 0) is 0 Å². The molecule has 0 aliphatic heterocycles. The van der Waals surface area contributed by atoms with E-state index in [1.807, 2.05) is 38.1 Å². The molecule has 0 atom stereocenters. The molecule has 0 saturated heterocycles. The lowest BCUT2D eigenvalue weighted by Gasteiger charge is -2.08. The average Bonchev–Trinajstić information content (AvgIpc) is 3.17. The number of hydrogen-bond donors (Lipinski definition) is 0. The van der Waals surface area contributed by atoms with E-state index < -0.39 is 0 Å². The number of aromatic nitrogens is 4. The van der Waals surface area contributed by atoms with Crippen LogP contribution in [0.5, 0.6) is 0 Å². The summed E-state index contributed by atoms with van der Waals surface area (Å²) in [5, 5.41) is 0. The van der Waals surface area contributed by atoms with Crippen molar-refractivity contribution in [3.63, 3.8) is 0 Å². The number of rotatable bonds is 0. The molecule has 1 aliphatic carbocycles. The lowest BCUT2D eigenvalue weighted by molar-refractivity contribution is 0.103. The number of fused-ring (bicyclic) bond motifs is 5. The number of carbonyl (C=O) groups is 1. The number of ketones is 1. The highest BCUT2D eigenvalue weighted by Gasteiger charge is 2.30. The van der Waals surface area contributed by atoms with Crippen molar-refractivity contribution in [3.05, 3.63) is 46.6 Å². The molecule has 2 aromatic heterocycles. The predicted molar refractivity (Wildman–Crippen MR) is 88.9 cm³/mol. The van der Waals surface area contributed by atoms with E-state index in [0.29, 0.717) is 17.0 Å². The van der Waals surface area contributed by atoms with Crippen molar-refractivity contribution < 1.29 is 4.79 Å². The van der Waals surface area contributed by atoms with Crippen molar-refractivity contribution in [3.8, 4) is 11.3 Å². The van der Waals surface area contributed by atoms with E-state index in [1.54, 1.807) is 0 Å². The summed E-state index contributed by atoms with van der Waals surface area (Å²) in [6.07, 6.45) is 0. The third-order valence-corrected chi connectivity index (χ3v) is 4.98. The molecule has 6 heteroatoms. The lowest BCUT2D eigenvalue weighted by Crippen LogP contribution is -2.02. The molecule has 0 bridgehead atoms. The Hall–Kier alpha value is -2.73. The Bertz CT molecular complexity index is 1160. The van der Waals surface area contributed by atoms with Gasteiger partial charge in [0.05, 0.1) is 22.8 Å². The Morgan fingerprint density at radius 3 is 2.00 bits per heavy atom. The minimum Gasteiger partial charge on any atom is -0.287 e. The average molecular weight is 318 g/mol. The lowest BCUT2D eigenvalue weighted by atomic mass is 10.1. The molecule has 0 saturated carbocycles. The van der Waals surface area contributed by atoms with E-state index in [1.165, 1.54) is 11.7 Å². The van der Waals surface area contributed by atoms with Crippen LogP contribution in [0.15, 0.2) is 24.3 Å². The maximum absolute atomic E-state index is 12.6. The number of hydrogen-bond acceptors (Lipinski definition) is 6. The summed E-state index contributed by atoms with van der Waals surface area (Å²) in [5.41, 5.74) is 7.76. The van der Waals surface area contributed by atoms with Crippen LogP contribution < -0.4 is 0 Å². The highest BCUT2D eigenvalue weighted by molar-refractivity contribution is 7.00. The van der Waals surface area contributed by atoms with Gasteiger partial charge >= 0.3 is 0 Å². The van der Waals surface area contributed by atoms with Crippen LogP contribution in [0.25, 0.3) is 33.3 Å². The van der Waals surface area contributed by atoms with Gasteiger partial charge in [0, 0.05) is 22.3 Å². The zero-order valence-electron chi connectivity index (χ0n) is 12.4. The molecule has 110 valence electrons. The maximum Gasteiger partial charge on any atom is 0.214 e. The summed E-state index contributed by atoms with van der Waals surface area (Å²) < 4.78 is 8.74. The van der Waals surface area contributed by atoms with Crippen LogP contribution >= 0.6 is 11.7 Å². The van der Waals surface area contributed by atoms with Crippen LogP contribution in [-0.4, -0.2) is 24.5 Å². The van der Waals surface area contributed by atoms with E-state index in [4.69, 9.17) is 4.98 Å².